The van der Waals surface area contributed by atoms with E-state index < -0.39 is 6.10 Å². The van der Waals surface area contributed by atoms with Crippen molar-refractivity contribution in [3.05, 3.63) is 48.2 Å². The third-order valence-electron chi connectivity index (χ3n) is 2.47. The Hall–Kier alpha value is -2.14. The molecule has 0 bridgehead atoms. The van der Waals surface area contributed by atoms with Crippen molar-refractivity contribution < 1.29 is 9.53 Å². The molecule has 2 aromatic rings. The van der Waals surface area contributed by atoms with E-state index in [-0.39, 0.29) is 5.91 Å². The van der Waals surface area contributed by atoms with Crippen molar-refractivity contribution in [1.29, 1.82) is 0 Å². The normalized spacial score (nSPS) is 12.1. The van der Waals surface area contributed by atoms with E-state index in [9.17, 15) is 4.79 Å². The molecule has 0 fully saturated rings. The summed E-state index contributed by atoms with van der Waals surface area (Å²) in [5, 5.41) is 9.08. The number of aromatic nitrogens is 2. The van der Waals surface area contributed by atoms with Gasteiger partial charge in [-0.15, -0.1) is 0 Å². The maximum absolute atomic E-state index is 11.7. The van der Waals surface area contributed by atoms with E-state index in [0.29, 0.717) is 12.4 Å². The maximum Gasteiger partial charge on any atom is 0.254 e. The molecule has 0 aliphatic carbocycles. The molecule has 1 unspecified atom stereocenters. The second kappa shape index (κ2) is 5.97. The van der Waals surface area contributed by atoms with E-state index in [1.54, 1.807) is 19.2 Å². The Kier molecular flexibility index (Phi) is 4.09. The highest BCUT2D eigenvalue weighted by Gasteiger charge is 2.13. The summed E-state index contributed by atoms with van der Waals surface area (Å²) >= 11 is 0. The van der Waals surface area contributed by atoms with Gasteiger partial charge in [-0.1, -0.05) is 30.3 Å². The molecule has 94 valence electrons. The second-order valence-corrected chi connectivity index (χ2v) is 3.90. The number of hydrogen-bond acceptors (Lipinski definition) is 3. The smallest absolute Gasteiger partial charge is 0.254 e. The second-order valence-electron chi connectivity index (χ2n) is 3.90. The van der Waals surface area contributed by atoms with Crippen LogP contribution in [-0.4, -0.2) is 22.2 Å². The van der Waals surface area contributed by atoms with Crippen LogP contribution in [-0.2, 0) is 16.1 Å². The first kappa shape index (κ1) is 12.3. The number of rotatable bonds is 5. The average molecular weight is 245 g/mol. The highest BCUT2D eigenvalue weighted by atomic mass is 16.5. The monoisotopic (exact) mass is 245 g/mol. The number of nitrogens with one attached hydrogen (secondary N) is 2. The van der Waals surface area contributed by atoms with Gasteiger partial charge in [0.15, 0.2) is 0 Å². The molecule has 0 radical (unpaired) electrons. The molecule has 1 heterocycles. The first-order chi connectivity index (χ1) is 8.75. The molecular weight excluding hydrogens is 230 g/mol. The van der Waals surface area contributed by atoms with Crippen LogP contribution in [0.25, 0.3) is 0 Å². The van der Waals surface area contributed by atoms with Gasteiger partial charge in [-0.2, -0.15) is 5.10 Å². The first-order valence-electron chi connectivity index (χ1n) is 5.71. The Labute approximate surface area is 105 Å². The fourth-order valence-electron chi connectivity index (χ4n) is 1.43. The molecule has 1 amide bonds. The standard InChI is InChI=1S/C13H15N3O2/c1-10(13(17)15-12-7-8-14-16-12)18-9-11-5-3-2-4-6-11/h2-8,10H,9H2,1H3,(H2,14,15,16,17). The number of carbonyl (C=O) groups is 1. The van der Waals surface area contributed by atoms with Gasteiger partial charge in [0.1, 0.15) is 11.9 Å². The van der Waals surface area contributed by atoms with Crippen LogP contribution < -0.4 is 5.32 Å². The molecule has 0 aliphatic rings. The van der Waals surface area contributed by atoms with E-state index in [1.807, 2.05) is 30.3 Å². The molecule has 0 saturated carbocycles. The summed E-state index contributed by atoms with van der Waals surface area (Å²) in [4.78, 5) is 11.7. The number of hydrogen-bond donors (Lipinski definition) is 2. The fourth-order valence-corrected chi connectivity index (χ4v) is 1.43. The Balaban J connectivity index is 1.81. The minimum Gasteiger partial charge on any atom is -0.364 e. The lowest BCUT2D eigenvalue weighted by atomic mass is 10.2. The highest BCUT2D eigenvalue weighted by Crippen LogP contribution is 2.05. The van der Waals surface area contributed by atoms with Crippen LogP contribution in [0.3, 0.4) is 0 Å². The van der Waals surface area contributed by atoms with Crippen LogP contribution in [0, 0.1) is 0 Å². The summed E-state index contributed by atoms with van der Waals surface area (Å²) in [5.41, 5.74) is 1.04. The number of anilines is 1. The predicted octanol–water partition coefficient (Wildman–Crippen LogP) is 1.95. The summed E-state index contributed by atoms with van der Waals surface area (Å²) in [7, 11) is 0. The quantitative estimate of drug-likeness (QED) is 0.846. The summed E-state index contributed by atoms with van der Waals surface area (Å²) in [5.74, 6) is 0.366. The van der Waals surface area contributed by atoms with Gasteiger partial charge in [0.2, 0.25) is 0 Å². The van der Waals surface area contributed by atoms with Crippen molar-refractivity contribution in [3.8, 4) is 0 Å². The number of benzene rings is 1. The Morgan fingerprint density at radius 1 is 1.39 bits per heavy atom. The number of amides is 1. The van der Waals surface area contributed by atoms with Crippen molar-refractivity contribution in [2.75, 3.05) is 5.32 Å². The van der Waals surface area contributed by atoms with Crippen LogP contribution in [0.4, 0.5) is 5.82 Å². The predicted molar refractivity (Wildman–Crippen MR) is 67.9 cm³/mol. The van der Waals surface area contributed by atoms with Gasteiger partial charge >= 0.3 is 0 Å². The van der Waals surface area contributed by atoms with E-state index >= 15 is 0 Å². The molecule has 0 saturated heterocycles. The zero-order valence-corrected chi connectivity index (χ0v) is 10.1. The number of ether oxygens (including phenoxy) is 1. The molecular formula is C13H15N3O2. The van der Waals surface area contributed by atoms with E-state index in [2.05, 4.69) is 15.5 Å². The number of H-pyrrole nitrogens is 1. The molecule has 1 aromatic heterocycles. The third kappa shape index (κ3) is 3.43. The van der Waals surface area contributed by atoms with Gasteiger partial charge in [0.05, 0.1) is 12.8 Å². The number of nitrogens with zero attached hydrogens (tertiary/aromatic N) is 1. The van der Waals surface area contributed by atoms with E-state index in [4.69, 9.17) is 4.74 Å². The van der Waals surface area contributed by atoms with Crippen molar-refractivity contribution in [2.45, 2.75) is 19.6 Å². The summed E-state index contributed by atoms with van der Waals surface area (Å²) < 4.78 is 5.49. The van der Waals surface area contributed by atoms with Gasteiger partial charge in [0.25, 0.3) is 5.91 Å². The van der Waals surface area contributed by atoms with Crippen LogP contribution >= 0.6 is 0 Å². The summed E-state index contributed by atoms with van der Waals surface area (Å²) in [6.07, 6.45) is 1.05. The maximum atomic E-state index is 11.7. The summed E-state index contributed by atoms with van der Waals surface area (Å²) in [6.45, 7) is 2.13. The largest absolute Gasteiger partial charge is 0.364 e. The van der Waals surface area contributed by atoms with Crippen molar-refractivity contribution >= 4 is 11.7 Å². The fraction of sp³-hybridized carbons (Fsp3) is 0.231. The molecule has 0 aliphatic heterocycles. The Bertz CT molecular complexity index is 482. The molecule has 1 atom stereocenters. The lowest BCUT2D eigenvalue weighted by Crippen LogP contribution is -2.27. The van der Waals surface area contributed by atoms with Gasteiger partial charge in [-0.25, -0.2) is 0 Å². The van der Waals surface area contributed by atoms with Gasteiger partial charge < -0.3 is 10.1 Å². The third-order valence-corrected chi connectivity index (χ3v) is 2.47. The van der Waals surface area contributed by atoms with Crippen molar-refractivity contribution in [2.24, 2.45) is 0 Å². The topological polar surface area (TPSA) is 67.0 Å². The zero-order chi connectivity index (χ0) is 12.8. The Morgan fingerprint density at radius 2 is 2.17 bits per heavy atom. The molecule has 2 rings (SSSR count). The van der Waals surface area contributed by atoms with Gasteiger partial charge in [0, 0.05) is 6.07 Å². The lowest BCUT2D eigenvalue weighted by molar-refractivity contribution is -0.127. The molecule has 0 spiro atoms. The van der Waals surface area contributed by atoms with Crippen molar-refractivity contribution in [3.63, 3.8) is 0 Å². The Morgan fingerprint density at radius 3 is 2.83 bits per heavy atom. The SMILES string of the molecule is CC(OCc1ccccc1)C(=O)Nc1ccn[nH]1. The minimum absolute atomic E-state index is 0.199. The van der Waals surface area contributed by atoms with Gasteiger partial charge in [-0.3, -0.25) is 9.89 Å². The van der Waals surface area contributed by atoms with Crippen LogP contribution in [0.5, 0.6) is 0 Å². The molecule has 2 N–H and O–H groups in total. The average Bonchev–Trinajstić information content (AvgIpc) is 2.90. The number of aromatic amines is 1. The highest BCUT2D eigenvalue weighted by molar-refractivity contribution is 5.92. The van der Waals surface area contributed by atoms with Crippen LogP contribution in [0.2, 0.25) is 0 Å². The molecule has 18 heavy (non-hydrogen) atoms. The lowest BCUT2D eigenvalue weighted by Gasteiger charge is -2.12. The summed E-state index contributed by atoms with van der Waals surface area (Å²) in [6, 6.07) is 11.4. The number of carbonyl (C=O) groups excluding carboxylic acids is 1. The van der Waals surface area contributed by atoms with Gasteiger partial charge in [-0.05, 0) is 12.5 Å². The first-order valence-corrected chi connectivity index (χ1v) is 5.71. The van der Waals surface area contributed by atoms with E-state index in [1.165, 1.54) is 0 Å². The van der Waals surface area contributed by atoms with E-state index in [0.717, 1.165) is 5.56 Å². The van der Waals surface area contributed by atoms with Crippen molar-refractivity contribution in [1.82, 2.24) is 10.2 Å². The molecule has 1 aromatic carbocycles. The minimum atomic E-state index is -0.520. The molecule has 5 heteroatoms. The molecule has 5 nitrogen and oxygen atoms in total. The van der Waals surface area contributed by atoms with Crippen LogP contribution in [0.15, 0.2) is 42.6 Å². The zero-order valence-electron chi connectivity index (χ0n) is 10.1. The van der Waals surface area contributed by atoms with Crippen LogP contribution in [0.1, 0.15) is 12.5 Å².